The summed E-state index contributed by atoms with van der Waals surface area (Å²) < 4.78 is 39.5. The molecule has 31 heavy (non-hydrogen) atoms. The van der Waals surface area contributed by atoms with Gasteiger partial charge >= 0.3 is 6.18 Å². The summed E-state index contributed by atoms with van der Waals surface area (Å²) in [5.74, 6) is 0.0427. The number of aromatic hydroxyl groups is 1. The molecule has 1 aromatic carbocycles. The first kappa shape index (κ1) is 19.5. The molecule has 0 atom stereocenters. The highest BCUT2D eigenvalue weighted by Gasteiger charge is 2.31. The lowest BCUT2D eigenvalue weighted by Crippen LogP contribution is -2.30. The monoisotopic (exact) mass is 425 g/mol. The highest BCUT2D eigenvalue weighted by Crippen LogP contribution is 2.32. The molecule has 4 heterocycles. The molecular weight excluding hydrogens is 407 g/mol. The van der Waals surface area contributed by atoms with Gasteiger partial charge in [0.15, 0.2) is 5.82 Å². The van der Waals surface area contributed by atoms with Crippen LogP contribution in [0.5, 0.6) is 5.88 Å². The van der Waals surface area contributed by atoms with Gasteiger partial charge < -0.3 is 5.11 Å². The number of halogens is 3. The molecule has 0 bridgehead atoms. The van der Waals surface area contributed by atoms with Crippen molar-refractivity contribution >= 4 is 10.8 Å². The number of pyridine rings is 2. The molecule has 1 aliphatic rings. The summed E-state index contributed by atoms with van der Waals surface area (Å²) in [5.41, 5.74) is 1.47. The van der Waals surface area contributed by atoms with Crippen LogP contribution in [-0.4, -0.2) is 36.3 Å². The smallest absolute Gasteiger partial charge is 0.417 e. The molecular formula is C22H18F3N5O. The van der Waals surface area contributed by atoms with E-state index in [2.05, 4.69) is 26.0 Å². The van der Waals surface area contributed by atoms with E-state index in [4.69, 9.17) is 0 Å². The minimum atomic E-state index is -4.46. The zero-order valence-electron chi connectivity index (χ0n) is 16.3. The Bertz CT molecular complexity index is 1250. The fourth-order valence-corrected chi connectivity index (χ4v) is 3.83. The van der Waals surface area contributed by atoms with Gasteiger partial charge in [0, 0.05) is 43.8 Å². The van der Waals surface area contributed by atoms with Crippen molar-refractivity contribution in [3.63, 3.8) is 0 Å². The van der Waals surface area contributed by atoms with Gasteiger partial charge in [-0.2, -0.15) is 23.0 Å². The van der Waals surface area contributed by atoms with E-state index in [-0.39, 0.29) is 11.7 Å². The fourth-order valence-electron chi connectivity index (χ4n) is 3.83. The second-order valence-electron chi connectivity index (χ2n) is 7.55. The van der Waals surface area contributed by atoms with Gasteiger partial charge in [0.05, 0.1) is 22.5 Å². The molecule has 0 amide bonds. The van der Waals surface area contributed by atoms with E-state index in [0.717, 1.165) is 41.0 Å². The Hall–Kier alpha value is -3.46. The van der Waals surface area contributed by atoms with E-state index in [1.807, 2.05) is 30.5 Å². The predicted molar refractivity (Wildman–Crippen MR) is 108 cm³/mol. The molecule has 0 aliphatic carbocycles. The standard InChI is InChI=1S/C22H18F3N5O/c23-22(24,25)16-5-6-20(27-11-16)30-21(31)18-13-29(8-7-19(18)28-30)12-17-9-14-3-1-2-4-15(14)10-26-17/h1-6,9-11,31H,7-8,12-13H2. The van der Waals surface area contributed by atoms with Crippen LogP contribution in [0.4, 0.5) is 13.2 Å². The Morgan fingerprint density at radius 2 is 1.81 bits per heavy atom. The molecule has 0 spiro atoms. The number of alkyl halides is 3. The second kappa shape index (κ2) is 7.35. The molecule has 158 valence electrons. The Morgan fingerprint density at radius 3 is 2.55 bits per heavy atom. The zero-order valence-corrected chi connectivity index (χ0v) is 16.3. The highest BCUT2D eigenvalue weighted by atomic mass is 19.4. The third kappa shape index (κ3) is 3.72. The lowest BCUT2D eigenvalue weighted by Gasteiger charge is -2.25. The normalized spacial score (nSPS) is 14.7. The maximum atomic E-state index is 12.8. The van der Waals surface area contributed by atoms with Gasteiger partial charge in [0.25, 0.3) is 0 Å². The van der Waals surface area contributed by atoms with Crippen molar-refractivity contribution in [3.8, 4) is 11.7 Å². The number of fused-ring (bicyclic) bond motifs is 2. The number of rotatable bonds is 3. The van der Waals surface area contributed by atoms with Crippen LogP contribution in [-0.2, 0) is 25.7 Å². The van der Waals surface area contributed by atoms with E-state index in [9.17, 15) is 18.3 Å². The minimum absolute atomic E-state index is 0.0987. The van der Waals surface area contributed by atoms with Crippen molar-refractivity contribution in [2.45, 2.75) is 25.7 Å². The van der Waals surface area contributed by atoms with Crippen LogP contribution in [0.25, 0.3) is 16.6 Å². The number of nitrogens with zero attached hydrogens (tertiary/aromatic N) is 5. The van der Waals surface area contributed by atoms with Gasteiger partial charge in [0.2, 0.25) is 5.88 Å². The molecule has 0 fully saturated rings. The van der Waals surface area contributed by atoms with Crippen LogP contribution in [0.2, 0.25) is 0 Å². The van der Waals surface area contributed by atoms with E-state index in [1.165, 1.54) is 10.7 Å². The molecule has 3 aromatic heterocycles. The Kier molecular flexibility index (Phi) is 4.62. The van der Waals surface area contributed by atoms with Crippen molar-refractivity contribution in [2.75, 3.05) is 6.54 Å². The van der Waals surface area contributed by atoms with Gasteiger partial charge in [0.1, 0.15) is 0 Å². The van der Waals surface area contributed by atoms with Gasteiger partial charge in [-0.1, -0.05) is 24.3 Å². The summed E-state index contributed by atoms with van der Waals surface area (Å²) in [6, 6.07) is 12.2. The molecule has 0 unspecified atom stereocenters. The molecule has 4 aromatic rings. The van der Waals surface area contributed by atoms with Crippen molar-refractivity contribution in [1.82, 2.24) is 24.6 Å². The van der Waals surface area contributed by atoms with Crippen molar-refractivity contribution in [3.05, 3.63) is 77.4 Å². The van der Waals surface area contributed by atoms with Gasteiger partial charge in [-0.25, -0.2) is 4.98 Å². The maximum Gasteiger partial charge on any atom is 0.417 e. The number of hydrogen-bond donors (Lipinski definition) is 1. The topological polar surface area (TPSA) is 67.1 Å². The quantitative estimate of drug-likeness (QED) is 0.535. The third-order valence-corrected chi connectivity index (χ3v) is 5.45. The first-order valence-corrected chi connectivity index (χ1v) is 9.78. The molecule has 9 heteroatoms. The summed E-state index contributed by atoms with van der Waals surface area (Å²) in [4.78, 5) is 10.5. The van der Waals surface area contributed by atoms with Gasteiger partial charge in [-0.15, -0.1) is 0 Å². The van der Waals surface area contributed by atoms with E-state index in [0.29, 0.717) is 25.1 Å². The predicted octanol–water partition coefficient (Wildman–Crippen LogP) is 4.10. The minimum Gasteiger partial charge on any atom is -0.493 e. The summed E-state index contributed by atoms with van der Waals surface area (Å²) in [6.45, 7) is 1.82. The maximum absolute atomic E-state index is 12.8. The highest BCUT2D eigenvalue weighted by molar-refractivity contribution is 5.81. The number of benzene rings is 1. The van der Waals surface area contributed by atoms with Crippen LogP contribution in [0.1, 0.15) is 22.5 Å². The molecule has 6 nitrogen and oxygen atoms in total. The van der Waals surface area contributed by atoms with Crippen LogP contribution in [0.3, 0.4) is 0 Å². The fraction of sp³-hybridized carbons (Fsp3) is 0.227. The molecule has 0 saturated heterocycles. The van der Waals surface area contributed by atoms with Gasteiger partial charge in [-0.05, 0) is 23.6 Å². The summed E-state index contributed by atoms with van der Waals surface area (Å²) in [5, 5.41) is 17.3. The van der Waals surface area contributed by atoms with Crippen molar-refractivity contribution in [2.24, 2.45) is 0 Å². The number of hydrogen-bond acceptors (Lipinski definition) is 5. The SMILES string of the molecule is Oc1c2c(nn1-c1ccc(C(F)(F)F)cn1)CCN(Cc1cc3ccccc3cn1)C2. The lowest BCUT2D eigenvalue weighted by molar-refractivity contribution is -0.137. The van der Waals surface area contributed by atoms with Crippen LogP contribution < -0.4 is 0 Å². The molecule has 1 N–H and O–H groups in total. The van der Waals surface area contributed by atoms with Gasteiger partial charge in [-0.3, -0.25) is 9.88 Å². The van der Waals surface area contributed by atoms with Crippen LogP contribution in [0.15, 0.2) is 54.9 Å². The van der Waals surface area contributed by atoms with E-state index in [1.54, 1.807) is 0 Å². The summed E-state index contributed by atoms with van der Waals surface area (Å²) >= 11 is 0. The largest absolute Gasteiger partial charge is 0.493 e. The van der Waals surface area contributed by atoms with E-state index >= 15 is 0 Å². The third-order valence-electron chi connectivity index (χ3n) is 5.45. The summed E-state index contributed by atoms with van der Waals surface area (Å²) in [6.07, 6.45) is -1.25. The Morgan fingerprint density at radius 1 is 1.00 bits per heavy atom. The lowest BCUT2D eigenvalue weighted by atomic mass is 10.1. The van der Waals surface area contributed by atoms with E-state index < -0.39 is 11.7 Å². The Labute approximate surface area is 175 Å². The molecule has 5 rings (SSSR count). The summed E-state index contributed by atoms with van der Waals surface area (Å²) in [7, 11) is 0. The average Bonchev–Trinajstić information content (AvgIpc) is 3.09. The average molecular weight is 425 g/mol. The van der Waals surface area contributed by atoms with Crippen molar-refractivity contribution in [1.29, 1.82) is 0 Å². The zero-order chi connectivity index (χ0) is 21.6. The second-order valence-corrected chi connectivity index (χ2v) is 7.55. The van der Waals surface area contributed by atoms with Crippen LogP contribution in [0, 0.1) is 0 Å². The molecule has 1 aliphatic heterocycles. The first-order chi connectivity index (χ1) is 14.9. The van der Waals surface area contributed by atoms with Crippen molar-refractivity contribution < 1.29 is 18.3 Å². The first-order valence-electron chi connectivity index (χ1n) is 9.78. The Balaban J connectivity index is 1.37. The molecule has 0 saturated carbocycles. The number of aromatic nitrogens is 4. The van der Waals surface area contributed by atoms with Crippen LogP contribution >= 0.6 is 0 Å². The molecule has 0 radical (unpaired) electrons.